The van der Waals surface area contributed by atoms with E-state index in [0.717, 1.165) is 47.8 Å². The Morgan fingerprint density at radius 2 is 1.95 bits per heavy atom. The van der Waals surface area contributed by atoms with Crippen LogP contribution in [0.5, 0.6) is 0 Å². The number of aromatic nitrogens is 1. The summed E-state index contributed by atoms with van der Waals surface area (Å²) >= 11 is 5.16. The number of pyridine rings is 1. The zero-order valence-electron chi connectivity index (χ0n) is 11.7. The van der Waals surface area contributed by atoms with E-state index in [2.05, 4.69) is 10.3 Å². The highest BCUT2D eigenvalue weighted by Gasteiger charge is 2.21. The van der Waals surface area contributed by atoms with Crippen LogP contribution in [0.15, 0.2) is 30.5 Å². The van der Waals surface area contributed by atoms with Crippen LogP contribution in [0.1, 0.15) is 31.2 Å². The van der Waals surface area contributed by atoms with Gasteiger partial charge in [-0.15, -0.1) is 0 Å². The third kappa shape index (κ3) is 2.99. The number of thiocarbonyl (C=S) groups is 1. The van der Waals surface area contributed by atoms with Crippen molar-refractivity contribution in [2.75, 3.05) is 5.32 Å². The maximum Gasteiger partial charge on any atom is 0.107 e. The number of nitrogens with zero attached hydrogens (tertiary/aromatic N) is 1. The summed E-state index contributed by atoms with van der Waals surface area (Å²) in [5.41, 5.74) is 8.52. The molecule has 3 rings (SSSR count). The SMILES string of the molecule is NC(=S)c1cnc2ccccc2c1NC1CCC(O)CC1. The van der Waals surface area contributed by atoms with Crippen LogP contribution in [0, 0.1) is 0 Å². The molecule has 1 fully saturated rings. The lowest BCUT2D eigenvalue weighted by atomic mass is 9.92. The first-order chi connectivity index (χ1) is 10.1. The molecule has 0 spiro atoms. The van der Waals surface area contributed by atoms with Gasteiger partial charge < -0.3 is 16.2 Å². The van der Waals surface area contributed by atoms with E-state index in [0.29, 0.717) is 11.0 Å². The number of aliphatic hydroxyl groups is 1. The molecule has 1 aliphatic carbocycles. The van der Waals surface area contributed by atoms with Crippen LogP contribution in [0.3, 0.4) is 0 Å². The predicted molar refractivity (Wildman–Crippen MR) is 89.5 cm³/mol. The topological polar surface area (TPSA) is 71.2 Å². The number of hydrogen-bond acceptors (Lipinski definition) is 4. The van der Waals surface area contributed by atoms with Crippen molar-refractivity contribution in [3.8, 4) is 0 Å². The van der Waals surface area contributed by atoms with E-state index in [9.17, 15) is 5.11 Å². The van der Waals surface area contributed by atoms with Gasteiger partial charge in [0, 0.05) is 17.6 Å². The van der Waals surface area contributed by atoms with Gasteiger partial charge in [-0.3, -0.25) is 4.98 Å². The number of hydrogen-bond donors (Lipinski definition) is 3. The van der Waals surface area contributed by atoms with Crippen molar-refractivity contribution in [2.45, 2.75) is 37.8 Å². The van der Waals surface area contributed by atoms with E-state index in [4.69, 9.17) is 18.0 Å². The summed E-state index contributed by atoms with van der Waals surface area (Å²) in [7, 11) is 0. The summed E-state index contributed by atoms with van der Waals surface area (Å²) in [5.74, 6) is 0. The molecular weight excluding hydrogens is 282 g/mol. The average molecular weight is 301 g/mol. The molecular formula is C16H19N3OS. The molecule has 1 heterocycles. The van der Waals surface area contributed by atoms with Crippen LogP contribution in [0.4, 0.5) is 5.69 Å². The van der Waals surface area contributed by atoms with Crippen molar-refractivity contribution >= 4 is 33.8 Å². The smallest absolute Gasteiger partial charge is 0.107 e. The number of nitrogens with two attached hydrogens (primary N) is 1. The molecule has 0 bridgehead atoms. The molecule has 0 saturated heterocycles. The number of fused-ring (bicyclic) bond motifs is 1. The molecule has 21 heavy (non-hydrogen) atoms. The number of aliphatic hydroxyl groups excluding tert-OH is 1. The largest absolute Gasteiger partial charge is 0.393 e. The van der Waals surface area contributed by atoms with Gasteiger partial charge in [-0.1, -0.05) is 30.4 Å². The quantitative estimate of drug-likeness (QED) is 0.760. The van der Waals surface area contributed by atoms with Crippen molar-refractivity contribution in [3.63, 3.8) is 0 Å². The molecule has 0 amide bonds. The standard InChI is InChI=1S/C16H19N3OS/c17-16(21)13-9-18-14-4-2-1-3-12(14)15(13)19-10-5-7-11(20)8-6-10/h1-4,9-11,20H,5-8H2,(H2,17,21)(H,18,19). The molecule has 0 radical (unpaired) electrons. The van der Waals surface area contributed by atoms with Gasteiger partial charge in [0.2, 0.25) is 0 Å². The van der Waals surface area contributed by atoms with Gasteiger partial charge >= 0.3 is 0 Å². The zero-order valence-corrected chi connectivity index (χ0v) is 12.6. The number of rotatable bonds is 3. The van der Waals surface area contributed by atoms with E-state index in [1.54, 1.807) is 6.20 Å². The summed E-state index contributed by atoms with van der Waals surface area (Å²) in [6, 6.07) is 8.31. The molecule has 110 valence electrons. The molecule has 5 heteroatoms. The second-order valence-corrected chi connectivity index (χ2v) is 6.02. The maximum absolute atomic E-state index is 9.63. The molecule has 4 nitrogen and oxygen atoms in total. The predicted octanol–water partition coefficient (Wildman–Crippen LogP) is 2.58. The Bertz CT molecular complexity index is 666. The van der Waals surface area contributed by atoms with Crippen molar-refractivity contribution in [1.82, 2.24) is 4.98 Å². The Morgan fingerprint density at radius 1 is 1.24 bits per heavy atom. The fraction of sp³-hybridized carbons (Fsp3) is 0.375. The van der Waals surface area contributed by atoms with Crippen LogP contribution in [-0.4, -0.2) is 27.2 Å². The van der Waals surface area contributed by atoms with Crippen molar-refractivity contribution < 1.29 is 5.11 Å². The van der Waals surface area contributed by atoms with Gasteiger partial charge in [-0.05, 0) is 31.7 Å². The van der Waals surface area contributed by atoms with Crippen LogP contribution in [0.2, 0.25) is 0 Å². The van der Waals surface area contributed by atoms with Gasteiger partial charge in [-0.2, -0.15) is 0 Å². The molecule has 0 unspecified atom stereocenters. The minimum Gasteiger partial charge on any atom is -0.393 e. The van der Waals surface area contributed by atoms with Gasteiger partial charge in [0.05, 0.1) is 22.9 Å². The Hall–Kier alpha value is -1.72. The highest BCUT2D eigenvalue weighted by Crippen LogP contribution is 2.29. The molecule has 0 aliphatic heterocycles. The third-order valence-electron chi connectivity index (χ3n) is 4.09. The number of benzene rings is 1. The van der Waals surface area contributed by atoms with Gasteiger partial charge in [-0.25, -0.2) is 0 Å². The highest BCUT2D eigenvalue weighted by atomic mass is 32.1. The van der Waals surface area contributed by atoms with Crippen LogP contribution < -0.4 is 11.1 Å². The van der Waals surface area contributed by atoms with Crippen molar-refractivity contribution in [3.05, 3.63) is 36.0 Å². The summed E-state index contributed by atoms with van der Waals surface area (Å²) in [4.78, 5) is 4.77. The molecule has 2 aromatic rings. The molecule has 4 N–H and O–H groups in total. The molecule has 1 saturated carbocycles. The first kappa shape index (κ1) is 14.2. The molecule has 1 aromatic heterocycles. The van der Waals surface area contributed by atoms with Crippen LogP contribution >= 0.6 is 12.2 Å². The minimum atomic E-state index is -0.160. The van der Waals surface area contributed by atoms with Gasteiger partial charge in [0.15, 0.2) is 0 Å². The van der Waals surface area contributed by atoms with Crippen molar-refractivity contribution in [2.24, 2.45) is 5.73 Å². The Morgan fingerprint density at radius 3 is 2.67 bits per heavy atom. The highest BCUT2D eigenvalue weighted by molar-refractivity contribution is 7.80. The van der Waals surface area contributed by atoms with Crippen LogP contribution in [-0.2, 0) is 0 Å². The second-order valence-electron chi connectivity index (χ2n) is 5.58. The first-order valence-corrected chi connectivity index (χ1v) is 7.68. The van der Waals surface area contributed by atoms with E-state index in [1.807, 2.05) is 24.3 Å². The van der Waals surface area contributed by atoms with E-state index in [1.165, 1.54) is 0 Å². The van der Waals surface area contributed by atoms with E-state index < -0.39 is 0 Å². The summed E-state index contributed by atoms with van der Waals surface area (Å²) in [6.45, 7) is 0. The number of nitrogens with one attached hydrogen (secondary N) is 1. The maximum atomic E-state index is 9.63. The molecule has 0 atom stereocenters. The Kier molecular flexibility index (Phi) is 4.03. The number of para-hydroxylation sites is 1. The fourth-order valence-corrected chi connectivity index (χ4v) is 3.06. The van der Waals surface area contributed by atoms with Crippen LogP contribution in [0.25, 0.3) is 10.9 Å². The summed E-state index contributed by atoms with van der Waals surface area (Å²) in [5, 5.41) is 14.2. The van der Waals surface area contributed by atoms with E-state index >= 15 is 0 Å². The van der Waals surface area contributed by atoms with E-state index in [-0.39, 0.29) is 6.10 Å². The lowest BCUT2D eigenvalue weighted by Gasteiger charge is -2.28. The lowest BCUT2D eigenvalue weighted by molar-refractivity contribution is 0.126. The normalized spacial score (nSPS) is 22.1. The molecule has 1 aliphatic rings. The Labute approximate surface area is 129 Å². The second kappa shape index (κ2) is 5.95. The lowest BCUT2D eigenvalue weighted by Crippen LogP contribution is -2.29. The Balaban J connectivity index is 1.98. The summed E-state index contributed by atoms with van der Waals surface area (Å²) in [6.07, 6.45) is 5.16. The average Bonchev–Trinajstić information content (AvgIpc) is 2.49. The third-order valence-corrected chi connectivity index (χ3v) is 4.31. The van der Waals surface area contributed by atoms with Gasteiger partial charge in [0.1, 0.15) is 4.99 Å². The zero-order chi connectivity index (χ0) is 14.8. The molecule has 1 aromatic carbocycles. The van der Waals surface area contributed by atoms with Gasteiger partial charge in [0.25, 0.3) is 0 Å². The first-order valence-electron chi connectivity index (χ1n) is 7.27. The monoisotopic (exact) mass is 301 g/mol. The van der Waals surface area contributed by atoms with Crippen molar-refractivity contribution in [1.29, 1.82) is 0 Å². The summed E-state index contributed by atoms with van der Waals surface area (Å²) < 4.78 is 0. The number of anilines is 1. The fourth-order valence-electron chi connectivity index (χ4n) is 2.91. The minimum absolute atomic E-state index is 0.160.